The Labute approximate surface area is 144 Å². The number of azide groups is 1. The molecule has 2 aromatic heterocycles. The lowest BCUT2D eigenvalue weighted by Gasteiger charge is -2.22. The van der Waals surface area contributed by atoms with E-state index in [1.54, 1.807) is 6.07 Å². The van der Waals surface area contributed by atoms with Gasteiger partial charge >= 0.3 is 0 Å². The summed E-state index contributed by atoms with van der Waals surface area (Å²) in [6.07, 6.45) is 1.48. The monoisotopic (exact) mass is 336 g/mol. The van der Waals surface area contributed by atoms with Gasteiger partial charge in [-0.2, -0.15) is 4.39 Å². The minimum atomic E-state index is -0.509. The number of fused-ring (bicyclic) bond motifs is 1. The predicted molar refractivity (Wildman–Crippen MR) is 96.8 cm³/mol. The molecular weight excluding hydrogens is 319 g/mol. The fourth-order valence-electron chi connectivity index (χ4n) is 2.67. The van der Waals surface area contributed by atoms with E-state index in [9.17, 15) is 4.39 Å². The van der Waals surface area contributed by atoms with Gasteiger partial charge in [-0.1, -0.05) is 17.2 Å². The van der Waals surface area contributed by atoms with Gasteiger partial charge in [-0.25, -0.2) is 9.97 Å². The smallest absolute Gasteiger partial charge is 0.212 e. The molecule has 0 unspecified atom stereocenters. The molecule has 3 rings (SSSR count). The van der Waals surface area contributed by atoms with Gasteiger partial charge in [0.1, 0.15) is 0 Å². The van der Waals surface area contributed by atoms with Crippen LogP contribution < -0.4 is 4.90 Å². The Morgan fingerprint density at radius 2 is 2.04 bits per heavy atom. The normalized spacial score (nSPS) is 10.5. The number of rotatable bonds is 6. The number of pyridine rings is 2. The van der Waals surface area contributed by atoms with Crippen LogP contribution in [-0.2, 0) is 0 Å². The maximum Gasteiger partial charge on any atom is 0.212 e. The van der Waals surface area contributed by atoms with Crippen molar-refractivity contribution in [2.45, 2.75) is 6.92 Å². The number of hydrogen-bond acceptors (Lipinski definition) is 4. The molecule has 0 saturated heterocycles. The number of hydrogen-bond donors (Lipinski definition) is 0. The lowest BCUT2D eigenvalue weighted by molar-refractivity contribution is 0.584. The van der Waals surface area contributed by atoms with Gasteiger partial charge in [0.25, 0.3) is 0 Å². The summed E-state index contributed by atoms with van der Waals surface area (Å²) >= 11 is 0. The predicted octanol–water partition coefficient (Wildman–Crippen LogP) is 4.57. The number of anilines is 1. The lowest BCUT2D eigenvalue weighted by Crippen LogP contribution is -2.25. The Balaban J connectivity index is 1.94. The quantitative estimate of drug-likeness (QED) is 0.286. The van der Waals surface area contributed by atoms with Crippen molar-refractivity contribution < 1.29 is 4.39 Å². The standard InChI is InChI=1S/C18H17FN6/c1-2-25(10-9-22-24-20)15-6-3-13-4-7-16(23-17(13)11-15)14-5-8-18(19)21-12-14/h3-8,11-12H,2,9-10H2,1H3. The zero-order valence-corrected chi connectivity index (χ0v) is 13.8. The Morgan fingerprint density at radius 1 is 1.20 bits per heavy atom. The van der Waals surface area contributed by atoms with Gasteiger partial charge < -0.3 is 4.90 Å². The Morgan fingerprint density at radius 3 is 2.76 bits per heavy atom. The summed E-state index contributed by atoms with van der Waals surface area (Å²) < 4.78 is 13.0. The van der Waals surface area contributed by atoms with Crippen LogP contribution in [0.15, 0.2) is 53.8 Å². The van der Waals surface area contributed by atoms with E-state index in [4.69, 9.17) is 5.53 Å². The van der Waals surface area contributed by atoms with Crippen molar-refractivity contribution >= 4 is 16.6 Å². The highest BCUT2D eigenvalue weighted by atomic mass is 19.1. The highest BCUT2D eigenvalue weighted by molar-refractivity contribution is 5.84. The first-order valence-corrected chi connectivity index (χ1v) is 8.00. The Kier molecular flexibility index (Phi) is 5.06. The van der Waals surface area contributed by atoms with Gasteiger partial charge in [0.15, 0.2) is 0 Å². The molecule has 0 fully saturated rings. The third-order valence-corrected chi connectivity index (χ3v) is 3.98. The molecule has 126 valence electrons. The molecule has 0 amide bonds. The second kappa shape index (κ2) is 7.59. The molecule has 0 atom stereocenters. The van der Waals surface area contributed by atoms with Crippen LogP contribution in [0, 0.1) is 5.95 Å². The summed E-state index contributed by atoms with van der Waals surface area (Å²) in [6, 6.07) is 12.9. The van der Waals surface area contributed by atoms with Crippen LogP contribution >= 0.6 is 0 Å². The first-order chi connectivity index (χ1) is 12.2. The van der Waals surface area contributed by atoms with Crippen LogP contribution in [0.3, 0.4) is 0 Å². The zero-order chi connectivity index (χ0) is 17.6. The minimum absolute atomic E-state index is 0.414. The number of benzene rings is 1. The van der Waals surface area contributed by atoms with Crippen LogP contribution in [0.25, 0.3) is 32.6 Å². The summed E-state index contributed by atoms with van der Waals surface area (Å²) in [4.78, 5) is 13.3. The molecule has 0 spiro atoms. The van der Waals surface area contributed by atoms with E-state index in [2.05, 4.69) is 24.9 Å². The molecule has 3 aromatic rings. The van der Waals surface area contributed by atoms with Gasteiger partial charge in [0.2, 0.25) is 5.95 Å². The van der Waals surface area contributed by atoms with Gasteiger partial charge in [-0.15, -0.1) is 0 Å². The van der Waals surface area contributed by atoms with E-state index in [1.165, 1.54) is 12.3 Å². The minimum Gasteiger partial charge on any atom is -0.372 e. The van der Waals surface area contributed by atoms with E-state index in [0.717, 1.165) is 34.4 Å². The molecule has 0 aliphatic rings. The number of nitrogens with zero attached hydrogens (tertiary/aromatic N) is 6. The molecule has 2 heterocycles. The average molecular weight is 336 g/mol. The second-order valence-electron chi connectivity index (χ2n) is 5.48. The van der Waals surface area contributed by atoms with Crippen molar-refractivity contribution in [3.63, 3.8) is 0 Å². The van der Waals surface area contributed by atoms with Crippen molar-refractivity contribution in [1.29, 1.82) is 0 Å². The highest BCUT2D eigenvalue weighted by Gasteiger charge is 2.07. The van der Waals surface area contributed by atoms with Gasteiger partial charge in [-0.3, -0.25) is 0 Å². The molecule has 0 N–H and O–H groups in total. The van der Waals surface area contributed by atoms with Gasteiger partial charge in [-0.05, 0) is 42.8 Å². The Bertz CT molecular complexity index is 919. The topological polar surface area (TPSA) is 77.8 Å². The zero-order valence-electron chi connectivity index (χ0n) is 13.8. The molecule has 0 saturated carbocycles. The van der Waals surface area contributed by atoms with E-state index in [-0.39, 0.29) is 0 Å². The molecule has 0 bridgehead atoms. The van der Waals surface area contributed by atoms with Crippen molar-refractivity contribution in [3.8, 4) is 11.3 Å². The van der Waals surface area contributed by atoms with Crippen LogP contribution in [0.4, 0.5) is 10.1 Å². The fourth-order valence-corrected chi connectivity index (χ4v) is 2.67. The van der Waals surface area contributed by atoms with E-state index in [1.807, 2.05) is 37.3 Å². The SMILES string of the molecule is CCN(CCN=[N+]=[N-])c1ccc2ccc(-c3ccc(F)nc3)nc2c1. The molecule has 0 aliphatic heterocycles. The first-order valence-electron chi connectivity index (χ1n) is 8.00. The fraction of sp³-hybridized carbons (Fsp3) is 0.222. The molecule has 7 heteroatoms. The molecule has 6 nitrogen and oxygen atoms in total. The van der Waals surface area contributed by atoms with Gasteiger partial charge in [0.05, 0.1) is 11.2 Å². The second-order valence-corrected chi connectivity index (χ2v) is 5.48. The molecule has 1 aromatic carbocycles. The molecule has 0 aliphatic carbocycles. The van der Waals surface area contributed by atoms with E-state index in [0.29, 0.717) is 13.1 Å². The van der Waals surface area contributed by atoms with Crippen molar-refractivity contribution in [2.24, 2.45) is 5.11 Å². The van der Waals surface area contributed by atoms with Crippen LogP contribution in [0.5, 0.6) is 0 Å². The van der Waals surface area contributed by atoms with Crippen LogP contribution in [0.1, 0.15) is 6.92 Å². The van der Waals surface area contributed by atoms with E-state index >= 15 is 0 Å². The van der Waals surface area contributed by atoms with Crippen molar-refractivity contribution in [2.75, 3.05) is 24.5 Å². The van der Waals surface area contributed by atoms with E-state index < -0.39 is 5.95 Å². The number of aromatic nitrogens is 2. The first kappa shape index (κ1) is 16.7. The molecule has 0 radical (unpaired) electrons. The maximum atomic E-state index is 13.0. The highest BCUT2D eigenvalue weighted by Crippen LogP contribution is 2.24. The third-order valence-electron chi connectivity index (χ3n) is 3.98. The maximum absolute atomic E-state index is 13.0. The molecule has 25 heavy (non-hydrogen) atoms. The van der Waals surface area contributed by atoms with Crippen LogP contribution in [-0.4, -0.2) is 29.6 Å². The summed E-state index contributed by atoms with van der Waals surface area (Å²) in [5, 5.41) is 4.62. The van der Waals surface area contributed by atoms with Crippen molar-refractivity contribution in [1.82, 2.24) is 9.97 Å². The van der Waals surface area contributed by atoms with Crippen molar-refractivity contribution in [3.05, 3.63) is 65.1 Å². The summed E-state index contributed by atoms with van der Waals surface area (Å²) in [6.45, 7) is 3.91. The number of likely N-dealkylation sites (N-methyl/N-ethyl adjacent to an activating group) is 1. The molecular formula is C18H17FN6. The summed E-state index contributed by atoms with van der Waals surface area (Å²) in [7, 11) is 0. The lowest BCUT2D eigenvalue weighted by atomic mass is 10.1. The largest absolute Gasteiger partial charge is 0.372 e. The summed E-state index contributed by atoms with van der Waals surface area (Å²) in [5.41, 5.74) is 11.8. The average Bonchev–Trinajstić information content (AvgIpc) is 2.65. The Hall–Kier alpha value is -3.18. The van der Waals surface area contributed by atoms with Crippen LogP contribution in [0.2, 0.25) is 0 Å². The van der Waals surface area contributed by atoms with Gasteiger partial charge in [0, 0.05) is 47.4 Å². The third kappa shape index (κ3) is 3.84. The number of halogens is 1. The summed E-state index contributed by atoms with van der Waals surface area (Å²) in [5.74, 6) is -0.509.